The first kappa shape index (κ1) is 22.0. The Morgan fingerprint density at radius 1 is 1.09 bits per heavy atom. The first-order valence-corrected chi connectivity index (χ1v) is 11.7. The van der Waals surface area contributed by atoms with Gasteiger partial charge in [0.2, 0.25) is 0 Å². The summed E-state index contributed by atoms with van der Waals surface area (Å²) in [6.07, 6.45) is 1.75. The summed E-state index contributed by atoms with van der Waals surface area (Å²) in [6, 6.07) is 17.9. The minimum Gasteiger partial charge on any atom is -0.320 e. The van der Waals surface area contributed by atoms with E-state index in [4.69, 9.17) is 4.98 Å². The van der Waals surface area contributed by atoms with Gasteiger partial charge in [0.1, 0.15) is 11.6 Å². The van der Waals surface area contributed by atoms with Gasteiger partial charge in [-0.05, 0) is 61.0 Å². The maximum atomic E-state index is 13.6. The molecule has 2 aromatic carbocycles. The van der Waals surface area contributed by atoms with Crippen molar-refractivity contribution in [2.24, 2.45) is 0 Å². The summed E-state index contributed by atoms with van der Waals surface area (Å²) in [6.45, 7) is 6.45. The van der Waals surface area contributed by atoms with E-state index in [2.05, 4.69) is 6.92 Å². The quantitative estimate of drug-likeness (QED) is 0.345. The molecule has 6 heteroatoms. The van der Waals surface area contributed by atoms with Gasteiger partial charge in [-0.2, -0.15) is 0 Å². The number of Topliss-reactive ketones (excluding diaryl/α,β-unsaturated/α-hetero) is 1. The molecule has 0 aliphatic carbocycles. The molecule has 1 amide bonds. The lowest BCUT2D eigenvalue weighted by molar-refractivity contribution is -0.117. The molecule has 0 atom stereocenters. The zero-order chi connectivity index (χ0) is 22.7. The van der Waals surface area contributed by atoms with E-state index in [1.807, 2.05) is 76.4 Å². The SMILES string of the molecule is CCCc1nc2cc(N(Cc3ccccc3)C(=O)c3sccc3C)ccc2n1CC(C)=O. The fourth-order valence-electron chi connectivity index (χ4n) is 3.91. The number of anilines is 1. The molecular weight excluding hydrogens is 418 g/mol. The number of nitrogens with zero attached hydrogens (tertiary/aromatic N) is 3. The number of carbonyl (C=O) groups is 2. The van der Waals surface area contributed by atoms with Crippen molar-refractivity contribution >= 4 is 39.7 Å². The number of ketones is 1. The Morgan fingerprint density at radius 2 is 1.88 bits per heavy atom. The minimum absolute atomic E-state index is 0.0161. The molecule has 0 saturated carbocycles. The Hall–Kier alpha value is -3.25. The zero-order valence-electron chi connectivity index (χ0n) is 18.7. The number of benzene rings is 2. The Labute approximate surface area is 192 Å². The monoisotopic (exact) mass is 445 g/mol. The van der Waals surface area contributed by atoms with Gasteiger partial charge in [-0.25, -0.2) is 4.98 Å². The van der Waals surface area contributed by atoms with Crippen molar-refractivity contribution in [3.63, 3.8) is 0 Å². The van der Waals surface area contributed by atoms with E-state index in [-0.39, 0.29) is 11.7 Å². The van der Waals surface area contributed by atoms with Crippen molar-refractivity contribution in [3.8, 4) is 0 Å². The summed E-state index contributed by atoms with van der Waals surface area (Å²) in [5.41, 5.74) is 4.57. The standard InChI is InChI=1S/C26H27N3O2S/c1-4-8-24-27-22-15-21(11-12-23(22)29(24)16-19(3)30)28(17-20-9-6-5-7-10-20)26(31)25-18(2)13-14-32-25/h5-7,9-15H,4,8,16-17H2,1-3H3. The maximum absolute atomic E-state index is 13.6. The van der Waals surface area contributed by atoms with Gasteiger partial charge in [0.05, 0.1) is 29.0 Å². The highest BCUT2D eigenvalue weighted by atomic mass is 32.1. The van der Waals surface area contributed by atoms with E-state index in [9.17, 15) is 9.59 Å². The number of hydrogen-bond donors (Lipinski definition) is 0. The molecule has 0 saturated heterocycles. The van der Waals surface area contributed by atoms with Crippen molar-refractivity contribution in [2.75, 3.05) is 4.90 Å². The van der Waals surface area contributed by atoms with E-state index in [1.165, 1.54) is 11.3 Å². The molecule has 32 heavy (non-hydrogen) atoms. The van der Waals surface area contributed by atoms with Crippen LogP contribution in [0.25, 0.3) is 11.0 Å². The van der Waals surface area contributed by atoms with Crippen molar-refractivity contribution < 1.29 is 9.59 Å². The fourth-order valence-corrected chi connectivity index (χ4v) is 4.78. The molecular formula is C26H27N3O2S. The predicted molar refractivity (Wildman–Crippen MR) is 130 cm³/mol. The second-order valence-electron chi connectivity index (χ2n) is 8.05. The number of rotatable bonds is 8. The number of hydrogen-bond acceptors (Lipinski definition) is 4. The second-order valence-corrected chi connectivity index (χ2v) is 8.96. The highest BCUT2D eigenvalue weighted by molar-refractivity contribution is 7.12. The van der Waals surface area contributed by atoms with Crippen LogP contribution in [0.5, 0.6) is 0 Å². The molecule has 4 rings (SSSR count). The summed E-state index contributed by atoms with van der Waals surface area (Å²) >= 11 is 1.47. The van der Waals surface area contributed by atoms with Gasteiger partial charge in [0.25, 0.3) is 5.91 Å². The molecule has 0 unspecified atom stereocenters. The summed E-state index contributed by atoms with van der Waals surface area (Å²) in [4.78, 5) is 32.8. The molecule has 5 nitrogen and oxygen atoms in total. The Kier molecular flexibility index (Phi) is 6.51. The van der Waals surface area contributed by atoms with Gasteiger partial charge in [-0.15, -0.1) is 11.3 Å². The average Bonchev–Trinajstić information content (AvgIpc) is 3.35. The van der Waals surface area contributed by atoms with Crippen LogP contribution in [0.2, 0.25) is 0 Å². The molecule has 0 radical (unpaired) electrons. The largest absolute Gasteiger partial charge is 0.320 e. The molecule has 0 bridgehead atoms. The Balaban J connectivity index is 1.79. The third-order valence-electron chi connectivity index (χ3n) is 5.46. The number of amides is 1. The lowest BCUT2D eigenvalue weighted by Crippen LogP contribution is -2.30. The molecule has 0 aliphatic rings. The molecule has 0 N–H and O–H groups in total. The van der Waals surface area contributed by atoms with Gasteiger partial charge in [-0.1, -0.05) is 37.3 Å². The van der Waals surface area contributed by atoms with Crippen LogP contribution in [0.3, 0.4) is 0 Å². The first-order valence-electron chi connectivity index (χ1n) is 10.9. The van der Waals surface area contributed by atoms with Gasteiger partial charge in [0, 0.05) is 12.1 Å². The zero-order valence-corrected chi connectivity index (χ0v) is 19.5. The van der Waals surface area contributed by atoms with Crippen molar-refractivity contribution in [3.05, 3.63) is 81.8 Å². The normalized spacial score (nSPS) is 11.1. The third kappa shape index (κ3) is 4.50. The van der Waals surface area contributed by atoms with Crippen molar-refractivity contribution in [1.29, 1.82) is 0 Å². The topological polar surface area (TPSA) is 55.2 Å². The molecule has 0 aliphatic heterocycles. The van der Waals surface area contributed by atoms with Crippen molar-refractivity contribution in [1.82, 2.24) is 9.55 Å². The van der Waals surface area contributed by atoms with Crippen LogP contribution in [-0.4, -0.2) is 21.2 Å². The summed E-state index contributed by atoms with van der Waals surface area (Å²) < 4.78 is 2.00. The molecule has 0 fully saturated rings. The molecule has 2 heterocycles. The summed E-state index contributed by atoms with van der Waals surface area (Å²) in [5, 5.41) is 1.95. The van der Waals surface area contributed by atoms with E-state index in [0.717, 1.165) is 51.4 Å². The maximum Gasteiger partial charge on any atom is 0.268 e. The van der Waals surface area contributed by atoms with E-state index in [0.29, 0.717) is 13.1 Å². The molecule has 0 spiro atoms. The van der Waals surface area contributed by atoms with E-state index < -0.39 is 0 Å². The molecule has 4 aromatic rings. The van der Waals surface area contributed by atoms with Crippen LogP contribution in [0.1, 0.15) is 46.9 Å². The van der Waals surface area contributed by atoms with Crippen molar-refractivity contribution in [2.45, 2.75) is 46.7 Å². The summed E-state index contributed by atoms with van der Waals surface area (Å²) in [7, 11) is 0. The van der Waals surface area contributed by atoms with E-state index >= 15 is 0 Å². The Morgan fingerprint density at radius 3 is 2.53 bits per heavy atom. The predicted octanol–water partition coefficient (Wildman–Crippen LogP) is 5.79. The van der Waals surface area contributed by atoms with Crippen LogP contribution < -0.4 is 4.90 Å². The van der Waals surface area contributed by atoms with E-state index in [1.54, 1.807) is 6.92 Å². The fraction of sp³-hybridized carbons (Fsp3) is 0.269. The minimum atomic E-state index is -0.0161. The highest BCUT2D eigenvalue weighted by Crippen LogP contribution is 2.28. The van der Waals surface area contributed by atoms with Gasteiger partial charge in [0.15, 0.2) is 0 Å². The van der Waals surface area contributed by atoms with Gasteiger partial charge in [-0.3, -0.25) is 9.59 Å². The second kappa shape index (κ2) is 9.49. The lowest BCUT2D eigenvalue weighted by Gasteiger charge is -2.23. The van der Waals surface area contributed by atoms with Crippen LogP contribution in [0.15, 0.2) is 60.0 Å². The van der Waals surface area contributed by atoms with Gasteiger partial charge < -0.3 is 9.47 Å². The smallest absolute Gasteiger partial charge is 0.268 e. The number of carbonyl (C=O) groups excluding carboxylic acids is 2. The third-order valence-corrected chi connectivity index (χ3v) is 6.47. The van der Waals surface area contributed by atoms with Crippen LogP contribution >= 0.6 is 11.3 Å². The lowest BCUT2D eigenvalue weighted by atomic mass is 10.1. The Bertz CT molecular complexity index is 1260. The average molecular weight is 446 g/mol. The van der Waals surface area contributed by atoms with Gasteiger partial charge >= 0.3 is 0 Å². The van der Waals surface area contributed by atoms with Crippen LogP contribution in [0.4, 0.5) is 5.69 Å². The number of imidazole rings is 1. The van der Waals surface area contributed by atoms with Crippen LogP contribution in [0, 0.1) is 6.92 Å². The molecule has 2 aromatic heterocycles. The number of aromatic nitrogens is 2. The molecule has 164 valence electrons. The highest BCUT2D eigenvalue weighted by Gasteiger charge is 2.22. The van der Waals surface area contributed by atoms with Crippen LogP contribution in [-0.2, 0) is 24.3 Å². The number of aryl methyl sites for hydroxylation is 2. The first-order chi connectivity index (χ1) is 15.5. The number of thiophene rings is 1. The number of fused-ring (bicyclic) bond motifs is 1. The summed E-state index contributed by atoms with van der Waals surface area (Å²) in [5.74, 6) is 0.988.